The van der Waals surface area contributed by atoms with Crippen LogP contribution >= 0.6 is 11.3 Å². The molecule has 1 aromatic heterocycles. The third-order valence-electron chi connectivity index (χ3n) is 3.86. The highest BCUT2D eigenvalue weighted by atomic mass is 32.2. The van der Waals surface area contributed by atoms with Crippen LogP contribution in [0.25, 0.3) is 0 Å². The second-order valence-corrected chi connectivity index (χ2v) is 8.03. The molecule has 0 radical (unpaired) electrons. The van der Waals surface area contributed by atoms with Crippen LogP contribution in [0.15, 0.2) is 5.51 Å². The highest BCUT2D eigenvalue weighted by Gasteiger charge is 2.27. The molecule has 0 saturated carbocycles. The molecule has 0 unspecified atom stereocenters. The Morgan fingerprint density at radius 2 is 2.14 bits per heavy atom. The summed E-state index contributed by atoms with van der Waals surface area (Å²) in [5, 5.41) is 3.33. The lowest BCUT2D eigenvalue weighted by atomic mass is 9.98. The average molecular weight is 332 g/mol. The van der Waals surface area contributed by atoms with Crippen molar-refractivity contribution in [2.75, 3.05) is 26.2 Å². The summed E-state index contributed by atoms with van der Waals surface area (Å²) in [4.78, 5) is 5.10. The summed E-state index contributed by atoms with van der Waals surface area (Å²) in [6, 6.07) is 0. The normalized spacial score (nSPS) is 18.2. The number of thiazole rings is 1. The van der Waals surface area contributed by atoms with Crippen molar-refractivity contribution in [2.24, 2.45) is 5.92 Å². The first-order chi connectivity index (χ1) is 10.0. The first-order valence-corrected chi connectivity index (χ1v) is 9.69. The Bertz CT molecular complexity index is 536. The van der Waals surface area contributed by atoms with E-state index in [1.165, 1.54) is 11.3 Å². The third kappa shape index (κ3) is 4.72. The van der Waals surface area contributed by atoms with Crippen LogP contribution in [0.2, 0.25) is 0 Å². The first kappa shape index (κ1) is 16.8. The quantitative estimate of drug-likeness (QED) is 0.784. The molecule has 1 aliphatic heterocycles. The molecule has 2 N–H and O–H groups in total. The zero-order valence-corrected chi connectivity index (χ0v) is 14.3. The minimum atomic E-state index is -3.38. The van der Waals surface area contributed by atoms with E-state index < -0.39 is 10.2 Å². The van der Waals surface area contributed by atoms with Crippen LogP contribution in [0, 0.1) is 12.8 Å². The van der Waals surface area contributed by atoms with E-state index in [-0.39, 0.29) is 0 Å². The van der Waals surface area contributed by atoms with E-state index in [0.717, 1.165) is 36.5 Å². The number of rotatable bonds is 7. The first-order valence-electron chi connectivity index (χ1n) is 7.37. The molecule has 8 heteroatoms. The number of piperidine rings is 1. The van der Waals surface area contributed by atoms with Gasteiger partial charge in [0.05, 0.1) is 11.2 Å². The van der Waals surface area contributed by atoms with Gasteiger partial charge >= 0.3 is 0 Å². The summed E-state index contributed by atoms with van der Waals surface area (Å²) in [5.74, 6) is 0.583. The van der Waals surface area contributed by atoms with Crippen LogP contribution in [0.3, 0.4) is 0 Å². The van der Waals surface area contributed by atoms with Crippen LogP contribution in [-0.2, 0) is 16.8 Å². The Labute approximate surface area is 131 Å². The van der Waals surface area contributed by atoms with E-state index in [4.69, 9.17) is 0 Å². The highest BCUT2D eigenvalue weighted by molar-refractivity contribution is 7.87. The van der Waals surface area contributed by atoms with Crippen molar-refractivity contribution in [2.45, 2.75) is 33.2 Å². The van der Waals surface area contributed by atoms with Gasteiger partial charge in [0.1, 0.15) is 0 Å². The number of aromatic nitrogens is 1. The number of nitrogens with zero attached hydrogens (tertiary/aromatic N) is 2. The Balaban J connectivity index is 1.82. The van der Waals surface area contributed by atoms with Crippen LogP contribution in [-0.4, -0.2) is 43.9 Å². The summed E-state index contributed by atoms with van der Waals surface area (Å²) in [6.45, 7) is 7.47. The molecule has 0 spiro atoms. The van der Waals surface area contributed by atoms with Crippen LogP contribution in [0.4, 0.5) is 0 Å². The van der Waals surface area contributed by atoms with Gasteiger partial charge in [-0.05, 0) is 38.8 Å². The van der Waals surface area contributed by atoms with Gasteiger partial charge in [0.15, 0.2) is 0 Å². The van der Waals surface area contributed by atoms with Crippen molar-refractivity contribution in [1.29, 1.82) is 0 Å². The monoisotopic (exact) mass is 332 g/mol. The standard InChI is InChI=1S/C13H24N4O2S2/c1-3-14-8-12-4-6-17(7-5-12)21(18,19)16-9-13-11(2)15-10-20-13/h10,12,14,16H,3-9H2,1-2H3. The van der Waals surface area contributed by atoms with Crippen molar-refractivity contribution >= 4 is 21.5 Å². The predicted molar refractivity (Wildman–Crippen MR) is 85.5 cm³/mol. The van der Waals surface area contributed by atoms with Gasteiger partial charge in [0.2, 0.25) is 0 Å². The number of hydrogen-bond acceptors (Lipinski definition) is 5. The predicted octanol–water partition coefficient (Wildman–Crippen LogP) is 1.11. The molecular formula is C13H24N4O2S2. The van der Waals surface area contributed by atoms with Crippen molar-refractivity contribution < 1.29 is 8.42 Å². The summed E-state index contributed by atoms with van der Waals surface area (Å²) in [6.07, 6.45) is 1.85. The van der Waals surface area contributed by atoms with Crippen LogP contribution in [0.5, 0.6) is 0 Å². The van der Waals surface area contributed by atoms with Gasteiger partial charge in [-0.2, -0.15) is 17.4 Å². The zero-order chi connectivity index (χ0) is 15.3. The Hall–Kier alpha value is -0.540. The maximum absolute atomic E-state index is 12.3. The Morgan fingerprint density at radius 3 is 2.71 bits per heavy atom. The van der Waals surface area contributed by atoms with Gasteiger partial charge < -0.3 is 5.32 Å². The number of aryl methyl sites for hydroxylation is 1. The van der Waals surface area contributed by atoms with Crippen molar-refractivity contribution in [3.63, 3.8) is 0 Å². The molecular weight excluding hydrogens is 308 g/mol. The summed E-state index contributed by atoms with van der Waals surface area (Å²) in [5.41, 5.74) is 2.64. The minimum Gasteiger partial charge on any atom is -0.317 e. The fourth-order valence-electron chi connectivity index (χ4n) is 2.45. The number of hydrogen-bond donors (Lipinski definition) is 2. The summed E-state index contributed by atoms with van der Waals surface area (Å²) < 4.78 is 28.8. The molecule has 1 saturated heterocycles. The van der Waals surface area contributed by atoms with Gasteiger partial charge in [-0.3, -0.25) is 0 Å². The second kappa shape index (κ2) is 7.64. The number of nitrogens with one attached hydrogen (secondary N) is 2. The van der Waals surface area contributed by atoms with Crippen molar-refractivity contribution in [3.8, 4) is 0 Å². The zero-order valence-electron chi connectivity index (χ0n) is 12.6. The third-order valence-corrected chi connectivity index (χ3v) is 6.35. The van der Waals surface area contributed by atoms with E-state index >= 15 is 0 Å². The SMILES string of the molecule is CCNCC1CCN(S(=O)(=O)NCc2scnc2C)CC1. The topological polar surface area (TPSA) is 74.3 Å². The largest absolute Gasteiger partial charge is 0.317 e. The molecule has 1 aliphatic rings. The van der Waals surface area contributed by atoms with Gasteiger partial charge in [-0.15, -0.1) is 11.3 Å². The van der Waals surface area contributed by atoms with E-state index in [1.807, 2.05) is 6.92 Å². The smallest absolute Gasteiger partial charge is 0.279 e. The fourth-order valence-corrected chi connectivity index (χ4v) is 4.46. The molecule has 0 amide bonds. The maximum Gasteiger partial charge on any atom is 0.279 e. The lowest BCUT2D eigenvalue weighted by Crippen LogP contribution is -2.45. The van der Waals surface area contributed by atoms with Gasteiger partial charge in [0, 0.05) is 24.5 Å². The molecule has 1 aromatic rings. The molecule has 0 atom stereocenters. The van der Waals surface area contributed by atoms with E-state index in [9.17, 15) is 8.42 Å². The van der Waals surface area contributed by atoms with Crippen LogP contribution < -0.4 is 10.0 Å². The lowest BCUT2D eigenvalue weighted by molar-refractivity contribution is 0.266. The van der Waals surface area contributed by atoms with Crippen LogP contribution in [0.1, 0.15) is 30.3 Å². The van der Waals surface area contributed by atoms with Crippen molar-refractivity contribution in [3.05, 3.63) is 16.1 Å². The van der Waals surface area contributed by atoms with E-state index in [2.05, 4.69) is 21.9 Å². The lowest BCUT2D eigenvalue weighted by Gasteiger charge is -2.31. The molecule has 1 fully saturated rings. The van der Waals surface area contributed by atoms with Gasteiger partial charge in [-0.1, -0.05) is 6.92 Å². The van der Waals surface area contributed by atoms with E-state index in [1.54, 1.807) is 9.82 Å². The van der Waals surface area contributed by atoms with E-state index in [0.29, 0.717) is 25.6 Å². The molecule has 2 heterocycles. The Kier molecular flexibility index (Phi) is 6.12. The molecule has 0 aliphatic carbocycles. The second-order valence-electron chi connectivity index (χ2n) is 5.34. The van der Waals surface area contributed by atoms with Gasteiger partial charge in [0.25, 0.3) is 10.2 Å². The molecule has 21 heavy (non-hydrogen) atoms. The molecule has 2 rings (SSSR count). The summed E-state index contributed by atoms with van der Waals surface area (Å²) in [7, 11) is -3.38. The maximum atomic E-state index is 12.3. The fraction of sp³-hybridized carbons (Fsp3) is 0.769. The molecule has 120 valence electrons. The summed E-state index contributed by atoms with van der Waals surface area (Å²) >= 11 is 1.48. The molecule has 6 nitrogen and oxygen atoms in total. The average Bonchev–Trinajstić information content (AvgIpc) is 2.89. The molecule has 0 bridgehead atoms. The highest BCUT2D eigenvalue weighted by Crippen LogP contribution is 2.19. The molecule has 0 aromatic carbocycles. The van der Waals surface area contributed by atoms with Crippen molar-refractivity contribution in [1.82, 2.24) is 19.3 Å². The van der Waals surface area contributed by atoms with Gasteiger partial charge in [-0.25, -0.2) is 4.98 Å². The minimum absolute atomic E-state index is 0.330. The Morgan fingerprint density at radius 1 is 1.43 bits per heavy atom.